The molecule has 0 unspecified atom stereocenters. The molecule has 0 aromatic heterocycles. The zero-order valence-corrected chi connectivity index (χ0v) is 49.3. The van der Waals surface area contributed by atoms with E-state index in [9.17, 15) is 46.4 Å². The van der Waals surface area contributed by atoms with Crippen LogP contribution in [0.4, 0.5) is 21.0 Å². The third kappa shape index (κ3) is 23.3. The quantitative estimate of drug-likeness (QED) is 0.0119. The number of nitrogens with zero attached hydrogens (tertiary/aromatic N) is 3. The summed E-state index contributed by atoms with van der Waals surface area (Å²) in [5.74, 6) is -0.879. The smallest absolute Gasteiger partial charge is 0.407 e. The molecule has 83 heavy (non-hydrogen) atoms. The summed E-state index contributed by atoms with van der Waals surface area (Å²) in [5.41, 5.74) is 7.67. The number of hydrogen-bond acceptors (Lipinski definition) is 19. The molecule has 4 aromatic rings. The number of methoxy groups -OCH3 is 1. The number of amides is 2. The molecule has 458 valence electrons. The van der Waals surface area contributed by atoms with Gasteiger partial charge in [0, 0.05) is 57.4 Å². The summed E-state index contributed by atoms with van der Waals surface area (Å²) in [6.45, 7) is 9.47. The maximum absolute atomic E-state index is 13.9. The summed E-state index contributed by atoms with van der Waals surface area (Å²) < 4.78 is 100. The molecular formula is C57H80N6O18S2. The Morgan fingerprint density at radius 1 is 0.663 bits per heavy atom. The van der Waals surface area contributed by atoms with E-state index in [4.69, 9.17) is 43.6 Å². The fourth-order valence-corrected chi connectivity index (χ4v) is 12.0. The van der Waals surface area contributed by atoms with Gasteiger partial charge in [-0.1, -0.05) is 88.4 Å². The molecule has 2 aliphatic heterocycles. The number of hydrogen-bond donors (Lipinski definition) is 4. The van der Waals surface area contributed by atoms with Crippen molar-refractivity contribution in [1.29, 1.82) is 0 Å². The molecule has 0 saturated carbocycles. The number of rotatable bonds is 32. The predicted octanol–water partition coefficient (Wildman–Crippen LogP) is 5.36. The Morgan fingerprint density at radius 2 is 1.12 bits per heavy atom. The van der Waals surface area contributed by atoms with Crippen LogP contribution in [0.15, 0.2) is 119 Å². The Bertz CT molecular complexity index is 2810. The zero-order chi connectivity index (χ0) is 60.4. The van der Waals surface area contributed by atoms with E-state index in [1.54, 1.807) is 7.11 Å². The number of benzene rings is 4. The van der Waals surface area contributed by atoms with Gasteiger partial charge in [0.1, 0.15) is 24.9 Å². The van der Waals surface area contributed by atoms with Gasteiger partial charge in [-0.05, 0) is 72.2 Å². The fourth-order valence-electron chi connectivity index (χ4n) is 8.72. The van der Waals surface area contributed by atoms with Crippen LogP contribution < -0.4 is 16.4 Å². The van der Waals surface area contributed by atoms with Crippen molar-refractivity contribution in [3.63, 3.8) is 0 Å². The lowest BCUT2D eigenvalue weighted by Gasteiger charge is -2.33. The second-order valence-electron chi connectivity index (χ2n) is 20.7. The molecular weight excluding hydrogens is 1120 g/mol. The van der Waals surface area contributed by atoms with Gasteiger partial charge < -0.3 is 59.4 Å². The second kappa shape index (κ2) is 34.4. The fraction of sp³-hybridized carbons (Fsp3) is 0.526. The number of nitrogen functional groups attached to an aromatic ring is 1. The van der Waals surface area contributed by atoms with Gasteiger partial charge in [-0.3, -0.25) is 10.1 Å². The number of nitro groups is 1. The van der Waals surface area contributed by atoms with Crippen molar-refractivity contribution in [2.45, 2.75) is 99.7 Å². The first kappa shape index (κ1) is 67.5. The van der Waals surface area contributed by atoms with E-state index < -0.39 is 80.1 Å². The Morgan fingerprint density at radius 3 is 1.59 bits per heavy atom. The van der Waals surface area contributed by atoms with E-state index in [1.807, 2.05) is 88.4 Å². The summed E-state index contributed by atoms with van der Waals surface area (Å²) in [7, 11) is -6.59. The van der Waals surface area contributed by atoms with E-state index >= 15 is 0 Å². The number of nitro benzene ring substituents is 1. The van der Waals surface area contributed by atoms with Crippen molar-refractivity contribution in [3.05, 3.63) is 130 Å². The molecule has 2 heterocycles. The van der Waals surface area contributed by atoms with Gasteiger partial charge in [-0.15, -0.1) is 0 Å². The molecule has 6 atom stereocenters. The standard InChI is InChI=1S/C32H47N3O10S.C25H33N3O8S/c1-24(2)20-35(46(38,39)28-11-9-26(33)10-12-28)21-30(45-31(36)23-43-18-17-41-16-15-40-3)29(19-25-7-5-4-6-8-25)34-32(37)44-27-13-14-42-22-27;1-18(2)15-27(37(33,34)22-10-8-20(9-11-22)28(31)32)16-24(29)23(14-19-6-4-3-5-7-19)26-25(30)36-21-12-13-35-17-21/h4-12,24,27,29-30H,13-23,33H2,1-3H3,(H,34,37);3-11,18,21,23-24,29H,12-17H2,1-2H3,(H,26,30)/t27-,29-,30+;21-,23-,24+/m00/s1. The molecule has 0 radical (unpaired) electrons. The number of carbonyl (C=O) groups is 3. The molecule has 0 bridgehead atoms. The van der Waals surface area contributed by atoms with Crippen LogP contribution >= 0.6 is 0 Å². The van der Waals surface area contributed by atoms with Gasteiger partial charge in [0.05, 0.1) is 92.3 Å². The lowest BCUT2D eigenvalue weighted by molar-refractivity contribution is -0.384. The van der Waals surface area contributed by atoms with Crippen LogP contribution in [0.2, 0.25) is 0 Å². The molecule has 6 rings (SSSR count). The van der Waals surface area contributed by atoms with E-state index in [0.717, 1.165) is 27.6 Å². The molecule has 2 aliphatic rings. The van der Waals surface area contributed by atoms with E-state index in [0.29, 0.717) is 51.6 Å². The average Bonchev–Trinajstić information content (AvgIpc) is 4.32. The minimum atomic E-state index is -4.10. The molecule has 2 saturated heterocycles. The monoisotopic (exact) mass is 1200 g/mol. The number of aliphatic hydroxyl groups is 1. The minimum absolute atomic E-state index is 0.0393. The number of aliphatic hydroxyl groups excluding tert-OH is 1. The number of nitrogens with two attached hydrogens (primary N) is 1. The third-order valence-electron chi connectivity index (χ3n) is 12.9. The van der Waals surface area contributed by atoms with Crippen LogP contribution in [-0.4, -0.2) is 183 Å². The van der Waals surface area contributed by atoms with Gasteiger partial charge in [0.2, 0.25) is 20.0 Å². The van der Waals surface area contributed by atoms with Crippen LogP contribution in [0.25, 0.3) is 0 Å². The number of carbonyl (C=O) groups excluding carboxylic acids is 3. The topological polar surface area (TPSA) is 313 Å². The Kier molecular flexibility index (Phi) is 28.0. The third-order valence-corrected chi connectivity index (χ3v) is 16.6. The van der Waals surface area contributed by atoms with E-state index in [1.165, 1.54) is 40.7 Å². The number of non-ortho nitro benzene ring substituents is 1. The first-order valence-corrected chi connectivity index (χ1v) is 30.3. The highest BCUT2D eigenvalue weighted by Gasteiger charge is 2.37. The number of sulfonamides is 2. The first-order chi connectivity index (χ1) is 39.6. The molecule has 24 nitrogen and oxygen atoms in total. The molecule has 4 aromatic carbocycles. The largest absolute Gasteiger partial charge is 0.457 e. The maximum Gasteiger partial charge on any atom is 0.407 e. The molecule has 0 aliphatic carbocycles. The van der Waals surface area contributed by atoms with Gasteiger partial charge in [-0.2, -0.15) is 8.61 Å². The zero-order valence-electron chi connectivity index (χ0n) is 47.7. The van der Waals surface area contributed by atoms with Gasteiger partial charge in [-0.25, -0.2) is 31.2 Å². The van der Waals surface area contributed by atoms with Crippen LogP contribution in [-0.2, 0) is 75.6 Å². The van der Waals surface area contributed by atoms with Gasteiger partial charge in [0.25, 0.3) is 5.69 Å². The lowest BCUT2D eigenvalue weighted by Crippen LogP contribution is -2.53. The number of ether oxygens (including phenoxy) is 8. The van der Waals surface area contributed by atoms with E-state index in [2.05, 4.69) is 10.6 Å². The van der Waals surface area contributed by atoms with Crippen LogP contribution in [0, 0.1) is 22.0 Å². The average molecular weight is 1200 g/mol. The van der Waals surface area contributed by atoms with Crippen molar-refractivity contribution in [1.82, 2.24) is 19.2 Å². The Hall–Kier alpha value is -6.33. The number of esters is 1. The first-order valence-electron chi connectivity index (χ1n) is 27.4. The van der Waals surface area contributed by atoms with E-state index in [-0.39, 0.29) is 92.3 Å². The summed E-state index contributed by atoms with van der Waals surface area (Å²) in [6.07, 6.45) is -3.04. The molecule has 2 amide bonds. The summed E-state index contributed by atoms with van der Waals surface area (Å²) in [4.78, 5) is 49.1. The SMILES string of the molecule is CC(C)CN(C[C@@H](O)[C@H](Cc1ccccc1)NC(=O)O[C@H]1CCOC1)S(=O)(=O)c1ccc([N+](=O)[O-])cc1.COCCOCCOCC(=O)O[C@H](CN(CC(C)C)S(=O)(=O)c1ccc(N)cc1)[C@H](Cc1ccccc1)NC(=O)O[C@H]1CCOC1. The number of anilines is 1. The minimum Gasteiger partial charge on any atom is -0.457 e. The highest BCUT2D eigenvalue weighted by molar-refractivity contribution is 7.89. The highest BCUT2D eigenvalue weighted by Crippen LogP contribution is 2.24. The van der Waals surface area contributed by atoms with Crippen LogP contribution in [0.3, 0.4) is 0 Å². The summed E-state index contributed by atoms with van der Waals surface area (Å²) in [6, 6.07) is 27.3. The molecule has 5 N–H and O–H groups in total. The normalized spacial score (nSPS) is 16.8. The Labute approximate surface area is 486 Å². The predicted molar refractivity (Wildman–Crippen MR) is 306 cm³/mol. The van der Waals surface area contributed by atoms with Gasteiger partial charge >= 0.3 is 18.2 Å². The number of nitrogens with one attached hydrogen (secondary N) is 2. The van der Waals surface area contributed by atoms with Crippen LogP contribution in [0.5, 0.6) is 0 Å². The lowest BCUT2D eigenvalue weighted by atomic mass is 10.0. The van der Waals surface area contributed by atoms with Crippen molar-refractivity contribution in [2.24, 2.45) is 11.8 Å². The van der Waals surface area contributed by atoms with Crippen molar-refractivity contribution in [2.75, 3.05) is 98.5 Å². The van der Waals surface area contributed by atoms with Crippen molar-refractivity contribution in [3.8, 4) is 0 Å². The van der Waals surface area contributed by atoms with Crippen LogP contribution in [0.1, 0.15) is 51.7 Å². The highest BCUT2D eigenvalue weighted by atomic mass is 32.2. The summed E-state index contributed by atoms with van der Waals surface area (Å²) >= 11 is 0. The number of alkyl carbamates (subject to hydrolysis) is 2. The molecule has 26 heteroatoms. The van der Waals surface area contributed by atoms with Gasteiger partial charge in [0.15, 0.2) is 0 Å². The van der Waals surface area contributed by atoms with Crippen molar-refractivity contribution < 1.29 is 79.1 Å². The molecule has 2 fully saturated rings. The maximum atomic E-state index is 13.9. The Balaban J connectivity index is 0.000000311. The second-order valence-corrected chi connectivity index (χ2v) is 24.5. The molecule has 0 spiro atoms. The van der Waals surface area contributed by atoms with Crippen molar-refractivity contribution >= 4 is 49.6 Å². The summed E-state index contributed by atoms with van der Waals surface area (Å²) in [5, 5.41) is 27.7.